The molecule has 20 heavy (non-hydrogen) atoms. The van der Waals surface area contributed by atoms with Crippen LogP contribution in [0.3, 0.4) is 0 Å². The monoisotopic (exact) mass is 284 g/mol. The molecule has 3 N–H and O–H groups in total. The van der Waals surface area contributed by atoms with Crippen LogP contribution >= 0.6 is 0 Å². The molecule has 0 atom stereocenters. The average Bonchev–Trinajstić information content (AvgIpc) is 2.39. The summed E-state index contributed by atoms with van der Waals surface area (Å²) in [6.07, 6.45) is 0. The SMILES string of the molecule is Nc1c(F)cccc1C(=O)Nc1cc(F)c(F)c(F)c1. The number of nitrogens with one attached hydrogen (secondary N) is 1. The molecule has 0 saturated heterocycles. The number of nitrogens with two attached hydrogens (primary N) is 1. The van der Waals surface area contributed by atoms with Crippen molar-refractivity contribution in [1.82, 2.24) is 0 Å². The van der Waals surface area contributed by atoms with E-state index in [2.05, 4.69) is 5.32 Å². The van der Waals surface area contributed by atoms with E-state index < -0.39 is 34.9 Å². The number of nitrogen functional groups attached to an aromatic ring is 1. The molecule has 0 aliphatic rings. The highest BCUT2D eigenvalue weighted by Gasteiger charge is 2.15. The van der Waals surface area contributed by atoms with Crippen LogP contribution in [0, 0.1) is 23.3 Å². The minimum absolute atomic E-state index is 0.199. The van der Waals surface area contributed by atoms with Gasteiger partial charge in [0.15, 0.2) is 17.5 Å². The molecular weight excluding hydrogens is 276 g/mol. The quantitative estimate of drug-likeness (QED) is 0.506. The minimum Gasteiger partial charge on any atom is -0.396 e. The van der Waals surface area contributed by atoms with E-state index in [1.165, 1.54) is 12.1 Å². The predicted octanol–water partition coefficient (Wildman–Crippen LogP) is 3.08. The van der Waals surface area contributed by atoms with Gasteiger partial charge in [0.2, 0.25) is 0 Å². The van der Waals surface area contributed by atoms with Gasteiger partial charge in [0.1, 0.15) is 5.82 Å². The Labute approximate surface area is 111 Å². The maximum atomic E-state index is 13.2. The average molecular weight is 284 g/mol. The van der Waals surface area contributed by atoms with Crippen LogP contribution in [0.2, 0.25) is 0 Å². The molecule has 0 aliphatic carbocycles. The lowest BCUT2D eigenvalue weighted by molar-refractivity contribution is 0.102. The number of carbonyl (C=O) groups is 1. The Balaban J connectivity index is 2.30. The van der Waals surface area contributed by atoms with Crippen LogP contribution in [0.25, 0.3) is 0 Å². The van der Waals surface area contributed by atoms with Crippen molar-refractivity contribution in [1.29, 1.82) is 0 Å². The highest BCUT2D eigenvalue weighted by Crippen LogP contribution is 2.20. The third kappa shape index (κ3) is 2.56. The highest BCUT2D eigenvalue weighted by molar-refractivity contribution is 6.07. The second kappa shape index (κ2) is 5.20. The number of hydrogen-bond donors (Lipinski definition) is 2. The third-order valence-corrected chi connectivity index (χ3v) is 2.54. The fraction of sp³-hybridized carbons (Fsp3) is 0. The molecule has 1 amide bonds. The Morgan fingerprint density at radius 1 is 1.00 bits per heavy atom. The van der Waals surface area contributed by atoms with Crippen molar-refractivity contribution in [2.45, 2.75) is 0 Å². The van der Waals surface area contributed by atoms with E-state index in [0.29, 0.717) is 12.1 Å². The molecule has 104 valence electrons. The number of para-hydroxylation sites is 1. The molecule has 0 radical (unpaired) electrons. The number of halogens is 4. The Morgan fingerprint density at radius 3 is 2.20 bits per heavy atom. The van der Waals surface area contributed by atoms with Gasteiger partial charge in [0, 0.05) is 17.8 Å². The fourth-order valence-electron chi connectivity index (χ4n) is 1.56. The minimum atomic E-state index is -1.65. The molecule has 2 aromatic carbocycles. The van der Waals surface area contributed by atoms with Gasteiger partial charge in [-0.25, -0.2) is 17.6 Å². The van der Waals surface area contributed by atoms with Crippen molar-refractivity contribution < 1.29 is 22.4 Å². The number of rotatable bonds is 2. The van der Waals surface area contributed by atoms with Crippen LogP contribution in [-0.2, 0) is 0 Å². The number of carbonyl (C=O) groups excluding carboxylic acids is 1. The molecular formula is C13H8F4N2O. The summed E-state index contributed by atoms with van der Waals surface area (Å²) in [5.74, 6) is -6.21. The molecule has 0 aliphatic heterocycles. The van der Waals surface area contributed by atoms with Gasteiger partial charge in [0.25, 0.3) is 5.91 Å². The lowest BCUT2D eigenvalue weighted by Gasteiger charge is -2.08. The summed E-state index contributed by atoms with van der Waals surface area (Å²) in [5, 5.41) is 2.10. The molecule has 0 unspecified atom stereocenters. The number of anilines is 2. The van der Waals surface area contributed by atoms with Gasteiger partial charge in [0.05, 0.1) is 11.3 Å². The summed E-state index contributed by atoms with van der Waals surface area (Å²) in [5.41, 5.74) is 4.47. The van der Waals surface area contributed by atoms with E-state index in [1.807, 2.05) is 0 Å². The van der Waals surface area contributed by atoms with Crippen molar-refractivity contribution in [3.8, 4) is 0 Å². The summed E-state index contributed by atoms with van der Waals surface area (Å²) in [7, 11) is 0. The summed E-state index contributed by atoms with van der Waals surface area (Å²) in [6.45, 7) is 0. The van der Waals surface area contributed by atoms with Crippen molar-refractivity contribution in [3.63, 3.8) is 0 Å². The molecule has 0 fully saturated rings. The summed E-state index contributed by atoms with van der Waals surface area (Å²) < 4.78 is 51.9. The lowest BCUT2D eigenvalue weighted by Crippen LogP contribution is -2.15. The van der Waals surface area contributed by atoms with Gasteiger partial charge >= 0.3 is 0 Å². The van der Waals surface area contributed by atoms with E-state index in [9.17, 15) is 22.4 Å². The van der Waals surface area contributed by atoms with Gasteiger partial charge in [-0.15, -0.1) is 0 Å². The van der Waals surface area contributed by atoms with Crippen LogP contribution < -0.4 is 11.1 Å². The smallest absolute Gasteiger partial charge is 0.257 e. The second-order valence-electron chi connectivity index (χ2n) is 3.91. The van der Waals surface area contributed by atoms with E-state index in [1.54, 1.807) is 0 Å². The van der Waals surface area contributed by atoms with Crippen molar-refractivity contribution in [2.75, 3.05) is 11.1 Å². The zero-order valence-corrected chi connectivity index (χ0v) is 9.88. The Morgan fingerprint density at radius 2 is 1.60 bits per heavy atom. The first-order valence-corrected chi connectivity index (χ1v) is 5.40. The molecule has 2 rings (SSSR count). The van der Waals surface area contributed by atoms with Crippen molar-refractivity contribution in [3.05, 3.63) is 59.2 Å². The van der Waals surface area contributed by atoms with Crippen molar-refractivity contribution >= 4 is 17.3 Å². The van der Waals surface area contributed by atoms with Crippen LogP contribution in [-0.4, -0.2) is 5.91 Å². The van der Waals surface area contributed by atoms with Crippen LogP contribution in [0.5, 0.6) is 0 Å². The number of benzene rings is 2. The van der Waals surface area contributed by atoms with Gasteiger partial charge in [-0.3, -0.25) is 4.79 Å². The maximum Gasteiger partial charge on any atom is 0.257 e. The normalized spacial score (nSPS) is 10.4. The third-order valence-electron chi connectivity index (χ3n) is 2.54. The standard InChI is InChI=1S/C13H8F4N2O/c14-8-3-1-2-7(12(8)18)13(20)19-6-4-9(15)11(17)10(16)5-6/h1-5H,18H2,(H,19,20). The second-order valence-corrected chi connectivity index (χ2v) is 3.91. The highest BCUT2D eigenvalue weighted by atomic mass is 19.2. The number of hydrogen-bond acceptors (Lipinski definition) is 2. The molecule has 0 saturated carbocycles. The lowest BCUT2D eigenvalue weighted by atomic mass is 10.1. The molecule has 0 aromatic heterocycles. The molecule has 0 heterocycles. The topological polar surface area (TPSA) is 55.1 Å². The predicted molar refractivity (Wildman–Crippen MR) is 65.1 cm³/mol. The van der Waals surface area contributed by atoms with Crippen LogP contribution in [0.1, 0.15) is 10.4 Å². The van der Waals surface area contributed by atoms with E-state index >= 15 is 0 Å². The first-order chi connectivity index (χ1) is 9.40. The zero-order chi connectivity index (χ0) is 14.9. The summed E-state index contributed by atoms with van der Waals surface area (Å²) in [6, 6.07) is 4.76. The van der Waals surface area contributed by atoms with E-state index in [-0.39, 0.29) is 11.3 Å². The Hall–Kier alpha value is -2.57. The molecule has 2 aromatic rings. The zero-order valence-electron chi connectivity index (χ0n) is 9.88. The van der Waals surface area contributed by atoms with Crippen molar-refractivity contribution in [2.24, 2.45) is 0 Å². The molecule has 0 spiro atoms. The van der Waals surface area contributed by atoms with Gasteiger partial charge < -0.3 is 11.1 Å². The van der Waals surface area contributed by atoms with E-state index in [0.717, 1.165) is 6.07 Å². The molecule has 0 bridgehead atoms. The largest absolute Gasteiger partial charge is 0.396 e. The Bertz CT molecular complexity index is 665. The fourth-order valence-corrected chi connectivity index (χ4v) is 1.56. The summed E-state index contributed by atoms with van der Waals surface area (Å²) in [4.78, 5) is 11.8. The molecule has 7 heteroatoms. The Kier molecular flexibility index (Phi) is 3.60. The maximum absolute atomic E-state index is 13.2. The molecule has 3 nitrogen and oxygen atoms in total. The summed E-state index contributed by atoms with van der Waals surface area (Å²) >= 11 is 0. The number of amides is 1. The van der Waals surface area contributed by atoms with Gasteiger partial charge in [-0.1, -0.05) is 6.07 Å². The first kappa shape index (κ1) is 13.9. The van der Waals surface area contributed by atoms with Gasteiger partial charge in [-0.05, 0) is 12.1 Å². The van der Waals surface area contributed by atoms with E-state index in [4.69, 9.17) is 5.73 Å². The van der Waals surface area contributed by atoms with Gasteiger partial charge in [-0.2, -0.15) is 0 Å². The first-order valence-electron chi connectivity index (χ1n) is 5.40. The van der Waals surface area contributed by atoms with Crippen LogP contribution in [0.4, 0.5) is 28.9 Å². The van der Waals surface area contributed by atoms with Crippen LogP contribution in [0.15, 0.2) is 30.3 Å².